The third-order valence-corrected chi connectivity index (χ3v) is 9.45. The third kappa shape index (κ3) is 3.10. The highest BCUT2D eigenvalue weighted by molar-refractivity contribution is 8.11. The number of hydrogen-bond acceptors (Lipinski definition) is 3. The molecule has 0 radical (unpaired) electrons. The first-order chi connectivity index (χ1) is 15.7. The summed E-state index contributed by atoms with van der Waals surface area (Å²) in [7, 11) is -1.41. The molecule has 2 unspecified atom stereocenters. The molecule has 1 N–H and O–H groups in total. The predicted molar refractivity (Wildman–Crippen MR) is 134 cm³/mol. The van der Waals surface area contributed by atoms with Gasteiger partial charge in [0.05, 0.1) is 10.8 Å². The lowest BCUT2D eigenvalue weighted by atomic mass is 9.94. The van der Waals surface area contributed by atoms with E-state index in [0.29, 0.717) is 0 Å². The van der Waals surface area contributed by atoms with E-state index in [2.05, 4.69) is 42.5 Å². The van der Waals surface area contributed by atoms with Crippen LogP contribution in [0.3, 0.4) is 0 Å². The molecule has 0 aliphatic carbocycles. The van der Waals surface area contributed by atoms with E-state index in [9.17, 15) is 9.32 Å². The Morgan fingerprint density at radius 2 is 1.28 bits per heavy atom. The van der Waals surface area contributed by atoms with Gasteiger partial charge in [-0.3, -0.25) is 4.21 Å². The highest BCUT2D eigenvalue weighted by Crippen LogP contribution is 2.50. The van der Waals surface area contributed by atoms with E-state index in [4.69, 9.17) is 0 Å². The van der Waals surface area contributed by atoms with Gasteiger partial charge >= 0.3 is 0 Å². The van der Waals surface area contributed by atoms with Crippen molar-refractivity contribution in [2.75, 3.05) is 0 Å². The van der Waals surface area contributed by atoms with Crippen molar-refractivity contribution in [2.24, 2.45) is 0 Å². The topological polar surface area (TPSA) is 37.3 Å². The lowest BCUT2D eigenvalue weighted by Crippen LogP contribution is -2.20. The summed E-state index contributed by atoms with van der Waals surface area (Å²) in [6, 6.07) is 34.4. The molecule has 1 heterocycles. The molecular weight excluding hydrogens is 432 g/mol. The standard InChI is InChI=1S/C28H20O2S2/c29-27(20-10-2-1-3-11-20)28-31-23-16-14-18-8-4-6-12-21(18)25(23)26-22-13-7-5-9-19(22)15-17-24(26)32(28)30/h1-17,27-29H/t27-,28?,32?/m1/s1. The minimum atomic E-state index is -1.41. The summed E-state index contributed by atoms with van der Waals surface area (Å²) >= 11 is 1.52. The molecule has 0 amide bonds. The second-order valence-electron chi connectivity index (χ2n) is 7.96. The molecule has 0 spiro atoms. The fraction of sp³-hybridized carbons (Fsp3) is 0.0714. The summed E-state index contributed by atoms with van der Waals surface area (Å²) in [6.07, 6.45) is -0.848. The van der Waals surface area contributed by atoms with E-state index >= 15 is 0 Å². The van der Waals surface area contributed by atoms with Crippen molar-refractivity contribution in [3.05, 3.63) is 109 Å². The van der Waals surface area contributed by atoms with Crippen LogP contribution in [-0.2, 0) is 10.8 Å². The van der Waals surface area contributed by atoms with Crippen LogP contribution in [0.25, 0.3) is 32.7 Å². The Labute approximate surface area is 193 Å². The van der Waals surface area contributed by atoms with Gasteiger partial charge < -0.3 is 5.11 Å². The summed E-state index contributed by atoms with van der Waals surface area (Å²) in [5, 5.41) is 15.8. The first-order valence-electron chi connectivity index (χ1n) is 10.6. The van der Waals surface area contributed by atoms with Crippen LogP contribution in [0, 0.1) is 0 Å². The first-order valence-corrected chi connectivity index (χ1v) is 12.7. The summed E-state index contributed by atoms with van der Waals surface area (Å²) < 4.78 is 13.5. The highest BCUT2D eigenvalue weighted by atomic mass is 32.2. The maximum atomic E-state index is 14.0. The van der Waals surface area contributed by atoms with Gasteiger partial charge in [0.1, 0.15) is 10.7 Å². The van der Waals surface area contributed by atoms with Crippen molar-refractivity contribution < 1.29 is 9.32 Å². The van der Waals surface area contributed by atoms with Crippen LogP contribution in [0.2, 0.25) is 0 Å². The minimum absolute atomic E-state index is 0.514. The largest absolute Gasteiger partial charge is 0.386 e. The fourth-order valence-electron chi connectivity index (χ4n) is 4.57. The van der Waals surface area contributed by atoms with Crippen LogP contribution in [0.15, 0.2) is 113 Å². The number of thioether (sulfide) groups is 1. The van der Waals surface area contributed by atoms with E-state index in [0.717, 1.165) is 48.0 Å². The number of aliphatic hydroxyl groups is 1. The van der Waals surface area contributed by atoms with Crippen LogP contribution >= 0.6 is 11.8 Å². The number of hydrogen-bond donors (Lipinski definition) is 1. The fourth-order valence-corrected chi connectivity index (χ4v) is 7.81. The Bertz CT molecular complexity index is 1490. The van der Waals surface area contributed by atoms with E-state index in [1.165, 1.54) is 11.8 Å². The average molecular weight is 453 g/mol. The molecule has 1 aliphatic rings. The van der Waals surface area contributed by atoms with Crippen molar-refractivity contribution in [3.8, 4) is 11.1 Å². The number of rotatable bonds is 2. The zero-order valence-corrected chi connectivity index (χ0v) is 18.8. The van der Waals surface area contributed by atoms with E-state index in [-0.39, 0.29) is 0 Å². The molecule has 1 aliphatic heterocycles. The van der Waals surface area contributed by atoms with Gasteiger partial charge in [-0.1, -0.05) is 91.0 Å². The van der Waals surface area contributed by atoms with Crippen molar-refractivity contribution in [2.45, 2.75) is 20.5 Å². The SMILES string of the molecule is O=S1c2ccc3ccccc3c2-c2c(ccc3ccccc23)SC1[C@H](O)c1ccccc1. The van der Waals surface area contributed by atoms with E-state index in [1.807, 2.05) is 60.7 Å². The molecule has 4 heteroatoms. The first kappa shape index (κ1) is 19.7. The molecule has 0 bridgehead atoms. The van der Waals surface area contributed by atoms with Crippen LogP contribution in [0.1, 0.15) is 11.7 Å². The van der Waals surface area contributed by atoms with Crippen LogP contribution < -0.4 is 0 Å². The van der Waals surface area contributed by atoms with Gasteiger partial charge in [0.2, 0.25) is 0 Å². The zero-order valence-electron chi connectivity index (χ0n) is 17.1. The van der Waals surface area contributed by atoms with Gasteiger partial charge in [-0.2, -0.15) is 0 Å². The van der Waals surface area contributed by atoms with E-state index in [1.54, 1.807) is 0 Å². The quantitative estimate of drug-likeness (QED) is 0.315. The van der Waals surface area contributed by atoms with Crippen molar-refractivity contribution in [1.29, 1.82) is 0 Å². The monoisotopic (exact) mass is 452 g/mol. The van der Waals surface area contributed by atoms with Crippen molar-refractivity contribution in [3.63, 3.8) is 0 Å². The maximum absolute atomic E-state index is 14.0. The van der Waals surface area contributed by atoms with Crippen molar-refractivity contribution in [1.82, 2.24) is 0 Å². The Morgan fingerprint density at radius 3 is 2.00 bits per heavy atom. The molecular formula is C28H20O2S2. The second kappa shape index (κ2) is 7.89. The second-order valence-corrected chi connectivity index (χ2v) is 11.0. The van der Waals surface area contributed by atoms with Gasteiger partial charge in [-0.05, 0) is 39.2 Å². The lowest BCUT2D eigenvalue weighted by molar-refractivity contribution is 0.195. The van der Waals surface area contributed by atoms with Gasteiger partial charge in [-0.15, -0.1) is 11.8 Å². The summed E-state index contributed by atoms with van der Waals surface area (Å²) in [6.45, 7) is 0. The minimum Gasteiger partial charge on any atom is -0.386 e. The maximum Gasteiger partial charge on any atom is 0.119 e. The Balaban J connectivity index is 1.68. The van der Waals surface area contributed by atoms with Crippen LogP contribution in [0.4, 0.5) is 0 Å². The number of aliphatic hydroxyl groups excluding tert-OH is 1. The molecule has 5 aromatic carbocycles. The summed E-state index contributed by atoms with van der Waals surface area (Å²) in [5.74, 6) is 0. The molecule has 32 heavy (non-hydrogen) atoms. The van der Waals surface area contributed by atoms with Gasteiger partial charge in [0, 0.05) is 20.9 Å². The van der Waals surface area contributed by atoms with Crippen LogP contribution in [0.5, 0.6) is 0 Å². The highest BCUT2D eigenvalue weighted by Gasteiger charge is 2.35. The van der Waals surface area contributed by atoms with E-state index < -0.39 is 21.5 Å². The zero-order chi connectivity index (χ0) is 21.7. The molecule has 0 saturated heterocycles. The van der Waals surface area contributed by atoms with Crippen molar-refractivity contribution >= 4 is 44.1 Å². The van der Waals surface area contributed by atoms with Gasteiger partial charge in [-0.25, -0.2) is 0 Å². The molecule has 2 nitrogen and oxygen atoms in total. The molecule has 0 aromatic heterocycles. The third-order valence-electron chi connectivity index (χ3n) is 6.10. The number of fused-ring (bicyclic) bond motifs is 7. The summed E-state index contributed by atoms with van der Waals surface area (Å²) in [4.78, 5) is 1.83. The molecule has 3 atom stereocenters. The normalized spacial score (nSPS) is 18.7. The average Bonchev–Trinajstić information content (AvgIpc) is 2.99. The molecule has 6 rings (SSSR count). The number of benzene rings is 5. The molecule has 0 fully saturated rings. The lowest BCUT2D eigenvalue weighted by Gasteiger charge is -2.21. The molecule has 156 valence electrons. The molecule has 0 saturated carbocycles. The predicted octanol–water partition coefficient (Wildman–Crippen LogP) is 6.93. The smallest absolute Gasteiger partial charge is 0.119 e. The van der Waals surface area contributed by atoms with Gasteiger partial charge in [0.25, 0.3) is 0 Å². The van der Waals surface area contributed by atoms with Crippen LogP contribution in [-0.4, -0.2) is 13.9 Å². The Morgan fingerprint density at radius 1 is 0.688 bits per heavy atom. The summed E-state index contributed by atoms with van der Waals surface area (Å²) in [5.41, 5.74) is 2.91. The van der Waals surface area contributed by atoms with Gasteiger partial charge in [0.15, 0.2) is 0 Å². The Hall–Kier alpha value is -2.92. The molecule has 5 aromatic rings. The Kier molecular flexibility index (Phi) is 4.87.